The van der Waals surface area contributed by atoms with Gasteiger partial charge in [-0.2, -0.15) is 0 Å². The smallest absolute Gasteiger partial charge is 0.334 e. The third-order valence-electron chi connectivity index (χ3n) is 3.54. The van der Waals surface area contributed by atoms with Crippen LogP contribution in [-0.4, -0.2) is 12.6 Å². The van der Waals surface area contributed by atoms with Crippen LogP contribution in [0.5, 0.6) is 0 Å². The Bertz CT molecular complexity index is 614. The van der Waals surface area contributed by atoms with E-state index >= 15 is 0 Å². The van der Waals surface area contributed by atoms with Crippen molar-refractivity contribution in [2.45, 2.75) is 6.42 Å². The molecule has 1 heterocycles. The Kier molecular flexibility index (Phi) is 3.64. The molecule has 0 aromatic heterocycles. The Morgan fingerprint density at radius 3 is 2.35 bits per heavy atom. The van der Waals surface area contributed by atoms with E-state index in [-0.39, 0.29) is 11.9 Å². The lowest BCUT2D eigenvalue weighted by Gasteiger charge is -2.08. The average Bonchev–Trinajstić information content (AvgIpc) is 2.83. The van der Waals surface area contributed by atoms with Crippen LogP contribution in [0.2, 0.25) is 0 Å². The molecule has 1 aliphatic heterocycles. The van der Waals surface area contributed by atoms with Crippen molar-refractivity contribution in [2.24, 2.45) is 5.92 Å². The van der Waals surface area contributed by atoms with Gasteiger partial charge in [0.25, 0.3) is 0 Å². The van der Waals surface area contributed by atoms with E-state index in [0.717, 1.165) is 17.6 Å². The number of ether oxygens (including phenoxy) is 1. The van der Waals surface area contributed by atoms with E-state index in [1.54, 1.807) is 0 Å². The number of carbonyl (C=O) groups is 1. The van der Waals surface area contributed by atoms with Crippen molar-refractivity contribution in [3.8, 4) is 0 Å². The Morgan fingerprint density at radius 2 is 1.65 bits per heavy atom. The monoisotopic (exact) mass is 264 g/mol. The lowest BCUT2D eigenvalue weighted by molar-refractivity contribution is -0.135. The molecule has 0 radical (unpaired) electrons. The molecule has 20 heavy (non-hydrogen) atoms. The molecule has 1 atom stereocenters. The van der Waals surface area contributed by atoms with E-state index < -0.39 is 0 Å². The highest BCUT2D eigenvalue weighted by Gasteiger charge is 2.30. The fourth-order valence-corrected chi connectivity index (χ4v) is 2.49. The van der Waals surface area contributed by atoms with Crippen molar-refractivity contribution < 1.29 is 9.53 Å². The summed E-state index contributed by atoms with van der Waals surface area (Å²) in [7, 11) is 0. The third-order valence-corrected chi connectivity index (χ3v) is 3.54. The first-order valence-corrected chi connectivity index (χ1v) is 6.80. The van der Waals surface area contributed by atoms with E-state index in [0.29, 0.717) is 6.61 Å². The molecular formula is C18H16O2. The summed E-state index contributed by atoms with van der Waals surface area (Å²) in [5.41, 5.74) is 3.05. The zero-order chi connectivity index (χ0) is 13.8. The van der Waals surface area contributed by atoms with Crippen molar-refractivity contribution in [3.05, 3.63) is 77.4 Å². The van der Waals surface area contributed by atoms with E-state index in [1.807, 2.05) is 54.6 Å². The highest BCUT2D eigenvalue weighted by Crippen LogP contribution is 2.27. The Hall–Kier alpha value is -2.35. The van der Waals surface area contributed by atoms with Gasteiger partial charge in [0, 0.05) is 11.5 Å². The van der Waals surface area contributed by atoms with Gasteiger partial charge in [0.15, 0.2) is 0 Å². The minimum Gasteiger partial charge on any atom is -0.462 e. The van der Waals surface area contributed by atoms with Crippen LogP contribution in [0.1, 0.15) is 11.1 Å². The van der Waals surface area contributed by atoms with Gasteiger partial charge in [0.2, 0.25) is 0 Å². The molecule has 1 saturated heterocycles. The second-order valence-electron chi connectivity index (χ2n) is 5.00. The Balaban J connectivity index is 1.84. The molecule has 2 heteroatoms. The Labute approximate surface area is 118 Å². The van der Waals surface area contributed by atoms with Gasteiger partial charge in [-0.3, -0.25) is 0 Å². The van der Waals surface area contributed by atoms with E-state index in [2.05, 4.69) is 12.1 Å². The summed E-state index contributed by atoms with van der Waals surface area (Å²) >= 11 is 0. The maximum Gasteiger partial charge on any atom is 0.334 e. The van der Waals surface area contributed by atoms with Gasteiger partial charge in [0.1, 0.15) is 0 Å². The topological polar surface area (TPSA) is 26.3 Å². The standard InChI is InChI=1S/C18H16O2/c19-18-17(12-15-9-5-2-6-10-15)16(13-20-18)11-14-7-3-1-4-8-14/h1-10,12,16H,11,13H2/b17-12+/t16-/m1/s1. The number of cyclic esters (lactones) is 1. The molecule has 0 unspecified atom stereocenters. The van der Waals surface area contributed by atoms with Gasteiger partial charge in [-0.25, -0.2) is 4.79 Å². The van der Waals surface area contributed by atoms with E-state index in [4.69, 9.17) is 4.74 Å². The quantitative estimate of drug-likeness (QED) is 0.626. The maximum atomic E-state index is 11.9. The van der Waals surface area contributed by atoms with Crippen LogP contribution in [0.4, 0.5) is 0 Å². The molecule has 2 aromatic rings. The van der Waals surface area contributed by atoms with Crippen LogP contribution in [-0.2, 0) is 16.0 Å². The first-order valence-electron chi connectivity index (χ1n) is 6.80. The van der Waals surface area contributed by atoms with Crippen molar-refractivity contribution in [3.63, 3.8) is 0 Å². The normalized spacial score (nSPS) is 20.1. The van der Waals surface area contributed by atoms with Crippen LogP contribution in [0, 0.1) is 5.92 Å². The predicted molar refractivity (Wildman–Crippen MR) is 79.0 cm³/mol. The van der Waals surface area contributed by atoms with Crippen LogP contribution in [0.25, 0.3) is 6.08 Å². The van der Waals surface area contributed by atoms with Crippen LogP contribution >= 0.6 is 0 Å². The van der Waals surface area contributed by atoms with Gasteiger partial charge in [-0.15, -0.1) is 0 Å². The van der Waals surface area contributed by atoms with Crippen molar-refractivity contribution in [1.82, 2.24) is 0 Å². The van der Waals surface area contributed by atoms with Gasteiger partial charge in [-0.1, -0.05) is 60.7 Å². The molecule has 1 fully saturated rings. The largest absolute Gasteiger partial charge is 0.462 e. The fraction of sp³-hybridized carbons (Fsp3) is 0.167. The molecule has 0 amide bonds. The molecule has 100 valence electrons. The average molecular weight is 264 g/mol. The number of esters is 1. The summed E-state index contributed by atoms with van der Waals surface area (Å²) in [5.74, 6) is -0.0418. The van der Waals surface area contributed by atoms with Crippen LogP contribution in [0.15, 0.2) is 66.2 Å². The second-order valence-corrected chi connectivity index (χ2v) is 5.00. The molecule has 2 nitrogen and oxygen atoms in total. The zero-order valence-electron chi connectivity index (χ0n) is 11.2. The maximum absolute atomic E-state index is 11.9. The SMILES string of the molecule is O=C1OC[C@@H](Cc2ccccc2)/C1=C\c1ccccc1. The van der Waals surface area contributed by atoms with Gasteiger partial charge >= 0.3 is 5.97 Å². The predicted octanol–water partition coefficient (Wildman–Crippen LogP) is 3.49. The number of rotatable bonds is 3. The molecule has 3 rings (SSSR count). The first-order chi connectivity index (χ1) is 9.83. The molecule has 0 bridgehead atoms. The summed E-state index contributed by atoms with van der Waals surface area (Å²) in [6.07, 6.45) is 2.79. The van der Waals surface area contributed by atoms with E-state index in [9.17, 15) is 4.79 Å². The summed E-state index contributed by atoms with van der Waals surface area (Å²) in [6, 6.07) is 20.1. The minimum absolute atomic E-state index is 0.144. The van der Waals surface area contributed by atoms with Gasteiger partial charge in [-0.05, 0) is 23.6 Å². The van der Waals surface area contributed by atoms with E-state index in [1.165, 1.54) is 5.56 Å². The zero-order valence-corrected chi connectivity index (χ0v) is 11.2. The lowest BCUT2D eigenvalue weighted by atomic mass is 9.93. The number of hydrogen-bond acceptors (Lipinski definition) is 2. The first kappa shape index (κ1) is 12.7. The van der Waals surface area contributed by atoms with Gasteiger partial charge < -0.3 is 4.74 Å². The molecule has 2 aromatic carbocycles. The molecule has 0 saturated carbocycles. The highest BCUT2D eigenvalue weighted by atomic mass is 16.5. The van der Waals surface area contributed by atoms with Crippen molar-refractivity contribution in [1.29, 1.82) is 0 Å². The summed E-state index contributed by atoms with van der Waals surface area (Å²) in [6.45, 7) is 0.479. The fourth-order valence-electron chi connectivity index (χ4n) is 2.49. The highest BCUT2D eigenvalue weighted by molar-refractivity contribution is 5.96. The molecule has 0 aliphatic carbocycles. The molecular weight excluding hydrogens is 248 g/mol. The van der Waals surface area contributed by atoms with Crippen LogP contribution in [0.3, 0.4) is 0 Å². The summed E-state index contributed by atoms with van der Waals surface area (Å²) in [5, 5.41) is 0. The number of hydrogen-bond donors (Lipinski definition) is 0. The van der Waals surface area contributed by atoms with Crippen molar-refractivity contribution in [2.75, 3.05) is 6.61 Å². The summed E-state index contributed by atoms with van der Waals surface area (Å²) < 4.78 is 5.22. The van der Waals surface area contributed by atoms with Gasteiger partial charge in [0.05, 0.1) is 6.61 Å². The van der Waals surface area contributed by atoms with Crippen molar-refractivity contribution >= 4 is 12.0 Å². The molecule has 0 spiro atoms. The minimum atomic E-state index is -0.185. The van der Waals surface area contributed by atoms with Crippen LogP contribution < -0.4 is 0 Å². The molecule has 0 N–H and O–H groups in total. The number of benzene rings is 2. The lowest BCUT2D eigenvalue weighted by Crippen LogP contribution is -2.07. The third kappa shape index (κ3) is 2.80. The molecule has 1 aliphatic rings. The summed E-state index contributed by atoms with van der Waals surface area (Å²) in [4.78, 5) is 11.9. The second kappa shape index (κ2) is 5.74. The Morgan fingerprint density at radius 1 is 1.00 bits per heavy atom. The number of carbonyl (C=O) groups excluding carboxylic acids is 1.